The molecule has 2 nitrogen and oxygen atoms in total. The molecule has 0 spiro atoms. The maximum Gasteiger partial charge on any atom is 0.118 e. The van der Waals surface area contributed by atoms with Crippen molar-refractivity contribution in [3.63, 3.8) is 0 Å². The third-order valence-corrected chi connectivity index (χ3v) is 4.17. The van der Waals surface area contributed by atoms with Crippen molar-refractivity contribution in [2.24, 2.45) is 0 Å². The lowest BCUT2D eigenvalue weighted by atomic mass is 10.1. The van der Waals surface area contributed by atoms with E-state index >= 15 is 0 Å². The Bertz CT molecular complexity index is 372. The molecule has 88 valence electrons. The van der Waals surface area contributed by atoms with Crippen LogP contribution in [0, 0.1) is 13.8 Å². The fourth-order valence-corrected chi connectivity index (χ4v) is 3.12. The van der Waals surface area contributed by atoms with Crippen LogP contribution in [0.1, 0.15) is 24.0 Å². The Labute approximate surface area is 101 Å². The zero-order chi connectivity index (χ0) is 11.5. The van der Waals surface area contributed by atoms with Gasteiger partial charge in [-0.25, -0.2) is 0 Å². The third-order valence-electron chi connectivity index (χ3n) is 3.12. The molecular formula is C13H19NOS. The van der Waals surface area contributed by atoms with Crippen LogP contribution in [0.3, 0.4) is 0 Å². The summed E-state index contributed by atoms with van der Waals surface area (Å²) in [7, 11) is 0. The summed E-state index contributed by atoms with van der Waals surface area (Å²) in [5.41, 5.74) is 3.24. The highest BCUT2D eigenvalue weighted by Gasteiger charge is 2.14. The number of benzene rings is 1. The molecule has 3 heteroatoms. The van der Waals surface area contributed by atoms with Crippen LogP contribution in [-0.2, 0) is 0 Å². The molecule has 16 heavy (non-hydrogen) atoms. The summed E-state index contributed by atoms with van der Waals surface area (Å²) in [5, 5.41) is 13.2. The summed E-state index contributed by atoms with van der Waals surface area (Å²) >= 11 is 2.04. The Morgan fingerprint density at radius 1 is 1.19 bits per heavy atom. The number of phenolic OH excluding ortho intramolecular Hbond substituents is 1. The standard InChI is InChI=1S/C13H19NOS/c1-9-8-13(15)10(2)7-12(9)14-11-3-5-16-6-4-11/h7-8,11,14-15H,3-6H2,1-2H3. The quantitative estimate of drug-likeness (QED) is 0.774. The van der Waals surface area contributed by atoms with Crippen molar-refractivity contribution >= 4 is 17.4 Å². The van der Waals surface area contributed by atoms with Gasteiger partial charge in [0.15, 0.2) is 0 Å². The fourth-order valence-electron chi connectivity index (χ4n) is 2.02. The summed E-state index contributed by atoms with van der Waals surface area (Å²) in [6.45, 7) is 3.98. The first-order valence-electron chi connectivity index (χ1n) is 5.81. The van der Waals surface area contributed by atoms with Gasteiger partial charge in [0.25, 0.3) is 0 Å². The van der Waals surface area contributed by atoms with Gasteiger partial charge in [-0.2, -0.15) is 11.8 Å². The Morgan fingerprint density at radius 3 is 2.56 bits per heavy atom. The molecule has 0 aromatic heterocycles. The van der Waals surface area contributed by atoms with E-state index < -0.39 is 0 Å². The summed E-state index contributed by atoms with van der Waals surface area (Å²) in [6.07, 6.45) is 2.48. The fraction of sp³-hybridized carbons (Fsp3) is 0.538. The minimum absolute atomic E-state index is 0.391. The largest absolute Gasteiger partial charge is 0.508 e. The second kappa shape index (κ2) is 5.00. The maximum atomic E-state index is 9.60. The average Bonchev–Trinajstić information content (AvgIpc) is 2.27. The van der Waals surface area contributed by atoms with Gasteiger partial charge < -0.3 is 10.4 Å². The molecule has 2 rings (SSSR count). The van der Waals surface area contributed by atoms with Crippen LogP contribution in [0.5, 0.6) is 5.75 Å². The Kier molecular flexibility index (Phi) is 3.64. The molecule has 0 saturated carbocycles. The summed E-state index contributed by atoms with van der Waals surface area (Å²) in [4.78, 5) is 0. The van der Waals surface area contributed by atoms with Crippen LogP contribution in [0.25, 0.3) is 0 Å². The first kappa shape index (κ1) is 11.6. The van der Waals surface area contributed by atoms with E-state index in [2.05, 4.69) is 5.32 Å². The van der Waals surface area contributed by atoms with E-state index in [1.54, 1.807) is 0 Å². The monoisotopic (exact) mass is 237 g/mol. The molecule has 0 radical (unpaired) electrons. The van der Waals surface area contributed by atoms with Gasteiger partial charge in [0.2, 0.25) is 0 Å². The molecule has 1 aliphatic rings. The van der Waals surface area contributed by atoms with Gasteiger partial charge in [-0.1, -0.05) is 0 Å². The van der Waals surface area contributed by atoms with E-state index in [1.165, 1.54) is 30.0 Å². The number of hydrogen-bond donors (Lipinski definition) is 2. The minimum Gasteiger partial charge on any atom is -0.508 e. The average molecular weight is 237 g/mol. The predicted molar refractivity (Wildman–Crippen MR) is 71.6 cm³/mol. The second-order valence-electron chi connectivity index (χ2n) is 4.48. The summed E-state index contributed by atoms with van der Waals surface area (Å²) < 4.78 is 0. The normalized spacial score (nSPS) is 17.4. The third kappa shape index (κ3) is 2.64. The van der Waals surface area contributed by atoms with Gasteiger partial charge in [0.05, 0.1) is 0 Å². The topological polar surface area (TPSA) is 32.3 Å². The van der Waals surface area contributed by atoms with E-state index in [4.69, 9.17) is 0 Å². The maximum absolute atomic E-state index is 9.60. The molecule has 1 aliphatic heterocycles. The lowest BCUT2D eigenvalue weighted by Gasteiger charge is -2.24. The van der Waals surface area contributed by atoms with Crippen molar-refractivity contribution in [1.82, 2.24) is 0 Å². The Morgan fingerprint density at radius 2 is 1.88 bits per heavy atom. The van der Waals surface area contributed by atoms with Crippen LogP contribution >= 0.6 is 11.8 Å². The number of rotatable bonds is 2. The Hall–Kier alpha value is -0.830. The van der Waals surface area contributed by atoms with E-state index in [1.807, 2.05) is 37.7 Å². The van der Waals surface area contributed by atoms with Gasteiger partial charge in [-0.05, 0) is 61.5 Å². The molecular weight excluding hydrogens is 218 g/mol. The molecule has 0 bridgehead atoms. The van der Waals surface area contributed by atoms with Crippen LogP contribution < -0.4 is 5.32 Å². The molecule has 0 aliphatic carbocycles. The lowest BCUT2D eigenvalue weighted by Crippen LogP contribution is -2.24. The molecule has 1 heterocycles. The second-order valence-corrected chi connectivity index (χ2v) is 5.71. The summed E-state index contributed by atoms with van der Waals surface area (Å²) in [5.74, 6) is 2.91. The van der Waals surface area contributed by atoms with Crippen molar-refractivity contribution in [2.75, 3.05) is 16.8 Å². The van der Waals surface area contributed by atoms with Gasteiger partial charge >= 0.3 is 0 Å². The SMILES string of the molecule is Cc1cc(NC2CCSCC2)c(C)cc1O. The number of phenols is 1. The number of aromatic hydroxyl groups is 1. The van der Waals surface area contributed by atoms with Crippen LogP contribution in [0.4, 0.5) is 5.69 Å². The van der Waals surface area contributed by atoms with Crippen molar-refractivity contribution in [3.8, 4) is 5.75 Å². The molecule has 1 saturated heterocycles. The molecule has 1 fully saturated rings. The highest BCUT2D eigenvalue weighted by molar-refractivity contribution is 7.99. The van der Waals surface area contributed by atoms with E-state index in [9.17, 15) is 5.11 Å². The van der Waals surface area contributed by atoms with E-state index in [0.29, 0.717) is 11.8 Å². The van der Waals surface area contributed by atoms with Gasteiger partial charge in [-0.3, -0.25) is 0 Å². The van der Waals surface area contributed by atoms with Gasteiger partial charge in [-0.15, -0.1) is 0 Å². The van der Waals surface area contributed by atoms with Crippen molar-refractivity contribution < 1.29 is 5.11 Å². The van der Waals surface area contributed by atoms with Crippen molar-refractivity contribution in [3.05, 3.63) is 23.3 Å². The molecule has 0 unspecified atom stereocenters. The summed E-state index contributed by atoms with van der Waals surface area (Å²) in [6, 6.07) is 4.49. The number of hydrogen-bond acceptors (Lipinski definition) is 3. The van der Waals surface area contributed by atoms with E-state index in [0.717, 1.165) is 11.1 Å². The first-order chi connectivity index (χ1) is 7.66. The molecule has 1 aromatic rings. The number of nitrogens with one attached hydrogen (secondary N) is 1. The van der Waals surface area contributed by atoms with Crippen LogP contribution in [0.2, 0.25) is 0 Å². The van der Waals surface area contributed by atoms with Gasteiger partial charge in [0, 0.05) is 11.7 Å². The van der Waals surface area contributed by atoms with Crippen LogP contribution in [-0.4, -0.2) is 22.7 Å². The van der Waals surface area contributed by atoms with Crippen LogP contribution in [0.15, 0.2) is 12.1 Å². The van der Waals surface area contributed by atoms with Gasteiger partial charge in [0.1, 0.15) is 5.75 Å². The first-order valence-corrected chi connectivity index (χ1v) is 6.97. The van der Waals surface area contributed by atoms with E-state index in [-0.39, 0.29) is 0 Å². The zero-order valence-corrected chi connectivity index (χ0v) is 10.7. The molecule has 2 N–H and O–H groups in total. The number of aryl methyl sites for hydroxylation is 2. The number of thioether (sulfide) groups is 1. The minimum atomic E-state index is 0.391. The molecule has 0 amide bonds. The molecule has 1 aromatic carbocycles. The highest BCUT2D eigenvalue weighted by Crippen LogP contribution is 2.27. The molecule has 0 atom stereocenters. The number of anilines is 1. The zero-order valence-electron chi connectivity index (χ0n) is 9.92. The lowest BCUT2D eigenvalue weighted by molar-refractivity contribution is 0.470. The smallest absolute Gasteiger partial charge is 0.118 e. The predicted octanol–water partition coefficient (Wildman–Crippen LogP) is 3.32. The van der Waals surface area contributed by atoms with Crippen molar-refractivity contribution in [2.45, 2.75) is 32.7 Å². The van der Waals surface area contributed by atoms with Crippen molar-refractivity contribution in [1.29, 1.82) is 0 Å². The highest BCUT2D eigenvalue weighted by atomic mass is 32.2. The Balaban J connectivity index is 2.11.